The van der Waals surface area contributed by atoms with E-state index < -0.39 is 34.4 Å². The number of fused-ring (bicyclic) bond motifs is 1. The summed E-state index contributed by atoms with van der Waals surface area (Å²) in [6, 6.07) is 9.18. The molecule has 3 aromatic rings. The monoisotopic (exact) mass is 464 g/mol. The maximum Gasteiger partial charge on any atom is 0.433 e. The van der Waals surface area contributed by atoms with Crippen LogP contribution in [-0.2, 0) is 4.79 Å². The molecular weight excluding hydrogens is 451 g/mol. The van der Waals surface area contributed by atoms with Crippen molar-refractivity contribution in [2.75, 3.05) is 10.3 Å². The molecule has 2 aromatic heterocycles. The SMILES string of the molecule is Cc1cc(NC(=O)c2ccc([N+](=O)[O-])o2)n(C2=NC(=O)C3C=NN(c4ccc(F)cc4)C3=N2)n1. The van der Waals surface area contributed by atoms with Crippen molar-refractivity contribution in [3.05, 3.63) is 69.9 Å². The third kappa shape index (κ3) is 3.62. The lowest BCUT2D eigenvalue weighted by Crippen LogP contribution is -2.36. The zero-order chi connectivity index (χ0) is 24.0. The lowest BCUT2D eigenvalue weighted by atomic mass is 10.1. The summed E-state index contributed by atoms with van der Waals surface area (Å²) in [6.45, 7) is 1.65. The van der Waals surface area contributed by atoms with Gasteiger partial charge >= 0.3 is 5.88 Å². The van der Waals surface area contributed by atoms with Crippen molar-refractivity contribution in [2.45, 2.75) is 6.92 Å². The highest BCUT2D eigenvalue weighted by atomic mass is 19.1. The Hall–Kier alpha value is -5.01. The molecular formula is C20H13FN8O5. The molecule has 1 unspecified atom stereocenters. The third-order valence-corrected chi connectivity index (χ3v) is 4.85. The fourth-order valence-corrected chi connectivity index (χ4v) is 3.32. The minimum Gasteiger partial charge on any atom is -0.395 e. The van der Waals surface area contributed by atoms with Gasteiger partial charge in [0.15, 0.2) is 11.6 Å². The molecule has 1 N–H and O–H groups in total. The number of nitrogens with one attached hydrogen (secondary N) is 1. The molecule has 0 saturated heterocycles. The minimum atomic E-state index is -0.827. The Kier molecular flexibility index (Phi) is 4.81. The first-order valence-corrected chi connectivity index (χ1v) is 9.73. The highest BCUT2D eigenvalue weighted by Gasteiger charge is 2.37. The quantitative estimate of drug-likeness (QED) is 0.458. The number of aromatic nitrogens is 2. The van der Waals surface area contributed by atoms with Gasteiger partial charge in [-0.3, -0.25) is 19.7 Å². The second-order valence-electron chi connectivity index (χ2n) is 7.18. The van der Waals surface area contributed by atoms with Crippen LogP contribution in [0.2, 0.25) is 0 Å². The van der Waals surface area contributed by atoms with Crippen molar-refractivity contribution in [1.29, 1.82) is 0 Å². The van der Waals surface area contributed by atoms with Crippen LogP contribution in [0.5, 0.6) is 0 Å². The van der Waals surface area contributed by atoms with Crippen LogP contribution in [0.3, 0.4) is 0 Å². The largest absolute Gasteiger partial charge is 0.433 e. The van der Waals surface area contributed by atoms with E-state index in [4.69, 9.17) is 4.42 Å². The first kappa shape index (κ1) is 20.9. The maximum absolute atomic E-state index is 13.3. The topological polar surface area (TPSA) is 161 Å². The van der Waals surface area contributed by atoms with Gasteiger partial charge < -0.3 is 9.73 Å². The molecule has 0 spiro atoms. The molecule has 14 heteroatoms. The molecule has 0 radical (unpaired) electrons. The number of anilines is 2. The highest BCUT2D eigenvalue weighted by molar-refractivity contribution is 6.29. The van der Waals surface area contributed by atoms with E-state index in [-0.39, 0.29) is 23.4 Å². The molecule has 0 bridgehead atoms. The molecule has 5 rings (SSSR count). The van der Waals surface area contributed by atoms with Crippen molar-refractivity contribution in [3.8, 4) is 0 Å². The number of hydrogen-bond donors (Lipinski definition) is 1. The summed E-state index contributed by atoms with van der Waals surface area (Å²) >= 11 is 0. The number of nitro groups is 1. The van der Waals surface area contributed by atoms with Gasteiger partial charge in [-0.2, -0.15) is 24.9 Å². The number of aliphatic imine (C=N–C) groups is 2. The summed E-state index contributed by atoms with van der Waals surface area (Å²) in [7, 11) is 0. The Morgan fingerprint density at radius 1 is 1.21 bits per heavy atom. The number of carbonyl (C=O) groups is 2. The van der Waals surface area contributed by atoms with Gasteiger partial charge in [-0.25, -0.2) is 9.40 Å². The summed E-state index contributed by atoms with van der Waals surface area (Å²) in [4.78, 5) is 43.6. The van der Waals surface area contributed by atoms with Gasteiger partial charge in [0.25, 0.3) is 17.8 Å². The first-order chi connectivity index (χ1) is 16.3. The number of hydrogen-bond acceptors (Lipinski definition) is 9. The van der Waals surface area contributed by atoms with Crippen LogP contribution < -0.4 is 10.3 Å². The van der Waals surface area contributed by atoms with Gasteiger partial charge in [0.1, 0.15) is 22.5 Å². The first-order valence-electron chi connectivity index (χ1n) is 9.73. The van der Waals surface area contributed by atoms with Gasteiger partial charge in [-0.05, 0) is 37.3 Å². The maximum atomic E-state index is 13.3. The Morgan fingerprint density at radius 3 is 2.68 bits per heavy atom. The minimum absolute atomic E-state index is 0.100. The summed E-state index contributed by atoms with van der Waals surface area (Å²) in [5.74, 6) is -3.28. The standard InChI is InChI=1S/C20H13FN8O5/c1-10-8-15(23-19(31)14-6-7-16(34-14)29(32)33)28(26-10)20-24-17-13(18(30)25-20)9-22-27(17)12-4-2-11(21)3-5-12/h2-9,13H,1H3,(H,23,31). The van der Waals surface area contributed by atoms with Crippen molar-refractivity contribution in [2.24, 2.45) is 21.0 Å². The summed E-state index contributed by atoms with van der Waals surface area (Å²) in [5, 5.41) is 23.1. The molecule has 0 aliphatic carbocycles. The average molecular weight is 464 g/mol. The predicted molar refractivity (Wildman–Crippen MR) is 116 cm³/mol. The molecule has 1 atom stereocenters. The van der Waals surface area contributed by atoms with E-state index in [1.807, 2.05) is 0 Å². The van der Waals surface area contributed by atoms with Gasteiger partial charge in [0.2, 0.25) is 0 Å². The number of nitrogens with zero attached hydrogens (tertiary/aromatic N) is 7. The number of amidine groups is 1. The van der Waals surface area contributed by atoms with Crippen LogP contribution in [0.1, 0.15) is 16.2 Å². The average Bonchev–Trinajstić information content (AvgIpc) is 3.53. The van der Waals surface area contributed by atoms with Gasteiger partial charge in [-0.1, -0.05) is 0 Å². The Labute approximate surface area is 189 Å². The van der Waals surface area contributed by atoms with Crippen LogP contribution >= 0.6 is 0 Å². The number of amides is 2. The van der Waals surface area contributed by atoms with Crippen molar-refractivity contribution in [1.82, 2.24) is 9.78 Å². The van der Waals surface area contributed by atoms with Crippen LogP contribution in [-0.4, -0.2) is 44.5 Å². The molecule has 170 valence electrons. The summed E-state index contributed by atoms with van der Waals surface area (Å²) in [5.41, 5.74) is 0.953. The molecule has 2 amide bonds. The number of halogens is 1. The fraction of sp³-hybridized carbons (Fsp3) is 0.100. The van der Waals surface area contributed by atoms with Gasteiger partial charge in [0.05, 0.1) is 17.4 Å². The highest BCUT2D eigenvalue weighted by Crippen LogP contribution is 2.26. The lowest BCUT2D eigenvalue weighted by molar-refractivity contribution is -0.402. The van der Waals surface area contributed by atoms with Crippen molar-refractivity contribution < 1.29 is 23.3 Å². The van der Waals surface area contributed by atoms with E-state index in [2.05, 4.69) is 25.5 Å². The Bertz CT molecular complexity index is 1440. The molecule has 13 nitrogen and oxygen atoms in total. The fourth-order valence-electron chi connectivity index (χ4n) is 3.32. The number of aryl methyl sites for hydroxylation is 1. The van der Waals surface area contributed by atoms with E-state index in [1.54, 1.807) is 6.92 Å². The van der Waals surface area contributed by atoms with E-state index >= 15 is 0 Å². The number of furan rings is 1. The Balaban J connectivity index is 1.46. The van der Waals surface area contributed by atoms with Crippen LogP contribution in [0.15, 0.2) is 62.0 Å². The smallest absolute Gasteiger partial charge is 0.395 e. The normalized spacial score (nSPS) is 16.8. The Morgan fingerprint density at radius 2 is 1.97 bits per heavy atom. The van der Waals surface area contributed by atoms with E-state index in [1.165, 1.54) is 41.6 Å². The molecule has 0 fully saturated rings. The number of hydrazone groups is 1. The third-order valence-electron chi connectivity index (χ3n) is 4.85. The predicted octanol–water partition coefficient (Wildman–Crippen LogP) is 2.35. The lowest BCUT2D eigenvalue weighted by Gasteiger charge is -2.20. The molecule has 2 aliphatic heterocycles. The number of carbonyl (C=O) groups excluding carboxylic acids is 2. The zero-order valence-electron chi connectivity index (χ0n) is 17.2. The van der Waals surface area contributed by atoms with Gasteiger partial charge in [-0.15, -0.1) is 0 Å². The van der Waals surface area contributed by atoms with Crippen molar-refractivity contribution >= 4 is 47.2 Å². The van der Waals surface area contributed by atoms with Crippen LogP contribution in [0.25, 0.3) is 0 Å². The second kappa shape index (κ2) is 7.84. The summed E-state index contributed by atoms with van der Waals surface area (Å²) < 4.78 is 19.4. The van der Waals surface area contributed by atoms with E-state index in [0.29, 0.717) is 11.4 Å². The second-order valence-corrected chi connectivity index (χ2v) is 7.18. The van der Waals surface area contributed by atoms with Crippen LogP contribution in [0, 0.1) is 28.8 Å². The number of rotatable bonds is 4. The molecule has 1 aromatic carbocycles. The number of benzene rings is 1. The summed E-state index contributed by atoms with van der Waals surface area (Å²) in [6.07, 6.45) is 1.38. The van der Waals surface area contributed by atoms with Gasteiger partial charge in [0, 0.05) is 12.3 Å². The van der Waals surface area contributed by atoms with Crippen molar-refractivity contribution in [3.63, 3.8) is 0 Å². The molecule has 0 saturated carbocycles. The van der Waals surface area contributed by atoms with Crippen LogP contribution in [0.4, 0.5) is 21.8 Å². The molecule has 4 heterocycles. The molecule has 2 aliphatic rings. The van der Waals surface area contributed by atoms with E-state index in [9.17, 15) is 24.1 Å². The van der Waals surface area contributed by atoms with E-state index in [0.717, 1.165) is 16.8 Å². The zero-order valence-corrected chi connectivity index (χ0v) is 17.2. The molecule has 34 heavy (non-hydrogen) atoms.